The second-order valence-electron chi connectivity index (χ2n) is 5.72. The van der Waals surface area contributed by atoms with Crippen molar-refractivity contribution in [1.82, 2.24) is 5.32 Å². The maximum Gasteiger partial charge on any atom is 0.222 e. The predicted octanol–water partition coefficient (Wildman–Crippen LogP) is 2.35. The van der Waals surface area contributed by atoms with Gasteiger partial charge in [0.15, 0.2) is 0 Å². The Morgan fingerprint density at radius 2 is 2.29 bits per heavy atom. The topological polar surface area (TPSA) is 64.3 Å². The van der Waals surface area contributed by atoms with Crippen LogP contribution in [0.4, 0.5) is 0 Å². The molecule has 0 aliphatic heterocycles. The van der Waals surface area contributed by atoms with Crippen molar-refractivity contribution in [2.45, 2.75) is 37.2 Å². The first-order valence-corrected chi connectivity index (χ1v) is 8.14. The van der Waals surface area contributed by atoms with Crippen molar-refractivity contribution in [3.8, 4) is 0 Å². The Labute approximate surface area is 134 Å². The van der Waals surface area contributed by atoms with Gasteiger partial charge in [0.2, 0.25) is 5.91 Å². The highest BCUT2D eigenvalue weighted by Gasteiger charge is 2.38. The third-order valence-corrected chi connectivity index (χ3v) is 4.87. The summed E-state index contributed by atoms with van der Waals surface area (Å²) in [7, 11) is 1.58. The van der Waals surface area contributed by atoms with E-state index in [2.05, 4.69) is 39.4 Å². The Hall–Kier alpha value is -0.910. The number of hydrogen-bond acceptors (Lipinski definition) is 3. The first-order chi connectivity index (χ1) is 10.1. The Balaban J connectivity index is 1.95. The van der Waals surface area contributed by atoms with Gasteiger partial charge in [0.05, 0.1) is 12.5 Å². The highest BCUT2D eigenvalue weighted by atomic mass is 79.9. The average Bonchev–Trinajstić information content (AvgIpc) is 2.43. The molecule has 0 heterocycles. The lowest BCUT2D eigenvalue weighted by atomic mass is 9.64. The van der Waals surface area contributed by atoms with Gasteiger partial charge in [0.25, 0.3) is 0 Å². The van der Waals surface area contributed by atoms with Crippen LogP contribution in [0.1, 0.15) is 31.2 Å². The van der Waals surface area contributed by atoms with Crippen LogP contribution in [-0.4, -0.2) is 32.2 Å². The number of nitrogens with two attached hydrogens (primary N) is 1. The summed E-state index contributed by atoms with van der Waals surface area (Å²) < 4.78 is 6.23. The van der Waals surface area contributed by atoms with Gasteiger partial charge >= 0.3 is 0 Å². The van der Waals surface area contributed by atoms with Gasteiger partial charge in [-0.2, -0.15) is 0 Å². The number of rotatable bonds is 7. The monoisotopic (exact) mass is 354 g/mol. The quantitative estimate of drug-likeness (QED) is 0.789. The molecule has 0 bridgehead atoms. The minimum absolute atomic E-state index is 0.00794. The molecule has 2 rings (SSSR count). The minimum atomic E-state index is -0.201. The van der Waals surface area contributed by atoms with E-state index in [0.717, 1.165) is 17.3 Å². The molecular weight excluding hydrogens is 332 g/mol. The van der Waals surface area contributed by atoms with Gasteiger partial charge in [-0.15, -0.1) is 0 Å². The van der Waals surface area contributed by atoms with E-state index in [1.54, 1.807) is 7.11 Å². The number of carbonyl (C=O) groups is 1. The molecule has 0 radical (unpaired) electrons. The lowest BCUT2D eigenvalue weighted by molar-refractivity contribution is -0.123. The number of nitrogens with one attached hydrogen (secondary N) is 1. The number of benzene rings is 1. The Kier molecular flexibility index (Phi) is 5.79. The van der Waals surface area contributed by atoms with Crippen LogP contribution >= 0.6 is 15.9 Å². The van der Waals surface area contributed by atoms with Gasteiger partial charge in [0, 0.05) is 30.1 Å². The predicted molar refractivity (Wildman–Crippen MR) is 87.1 cm³/mol. The van der Waals surface area contributed by atoms with E-state index in [9.17, 15) is 4.79 Å². The zero-order chi connectivity index (χ0) is 15.3. The van der Waals surface area contributed by atoms with E-state index < -0.39 is 0 Å². The number of carbonyl (C=O) groups excluding carboxylic acids is 1. The zero-order valence-electron chi connectivity index (χ0n) is 12.4. The van der Waals surface area contributed by atoms with Gasteiger partial charge in [0.1, 0.15) is 0 Å². The van der Waals surface area contributed by atoms with Crippen LogP contribution in [-0.2, 0) is 14.9 Å². The van der Waals surface area contributed by atoms with Crippen LogP contribution in [0.25, 0.3) is 0 Å². The van der Waals surface area contributed by atoms with Crippen LogP contribution in [0.15, 0.2) is 28.7 Å². The first-order valence-electron chi connectivity index (χ1n) is 7.35. The fourth-order valence-corrected chi connectivity index (χ4v) is 3.20. The van der Waals surface area contributed by atoms with Crippen molar-refractivity contribution in [3.05, 3.63) is 34.3 Å². The summed E-state index contributed by atoms with van der Waals surface area (Å²) >= 11 is 3.52. The maximum absolute atomic E-state index is 12.0. The number of ether oxygens (including phenoxy) is 1. The molecule has 1 aromatic rings. The smallest absolute Gasteiger partial charge is 0.222 e. The summed E-state index contributed by atoms with van der Waals surface area (Å²) in [6.07, 6.45) is 3.57. The summed E-state index contributed by atoms with van der Waals surface area (Å²) in [6.45, 7) is 1.05. The molecule has 1 amide bonds. The fourth-order valence-electron chi connectivity index (χ4n) is 2.80. The molecule has 4 nitrogen and oxygen atoms in total. The molecule has 21 heavy (non-hydrogen) atoms. The summed E-state index contributed by atoms with van der Waals surface area (Å²) in [5.74, 6) is 0.00794. The van der Waals surface area contributed by atoms with E-state index in [1.807, 2.05) is 6.07 Å². The van der Waals surface area contributed by atoms with Gasteiger partial charge in [-0.25, -0.2) is 0 Å². The molecule has 1 saturated carbocycles. The summed E-state index contributed by atoms with van der Waals surface area (Å²) in [5, 5.41) is 3.05. The van der Waals surface area contributed by atoms with Crippen molar-refractivity contribution in [2.75, 3.05) is 20.2 Å². The van der Waals surface area contributed by atoms with Crippen LogP contribution in [0.5, 0.6) is 0 Å². The van der Waals surface area contributed by atoms with Crippen LogP contribution in [0.3, 0.4) is 0 Å². The second-order valence-corrected chi connectivity index (χ2v) is 6.63. The van der Waals surface area contributed by atoms with Gasteiger partial charge < -0.3 is 15.8 Å². The lowest BCUT2D eigenvalue weighted by Crippen LogP contribution is -2.46. The molecule has 116 valence electrons. The van der Waals surface area contributed by atoms with Gasteiger partial charge in [-0.05, 0) is 30.5 Å². The second kappa shape index (κ2) is 7.38. The lowest BCUT2D eigenvalue weighted by Gasteiger charge is -2.42. The third-order valence-electron chi connectivity index (χ3n) is 4.38. The van der Waals surface area contributed by atoms with Gasteiger partial charge in [-0.3, -0.25) is 4.79 Å². The third kappa shape index (κ3) is 4.05. The average molecular weight is 355 g/mol. The molecule has 3 N–H and O–H groups in total. The molecule has 0 saturated heterocycles. The van der Waals surface area contributed by atoms with E-state index in [1.165, 1.54) is 12.0 Å². The summed E-state index contributed by atoms with van der Waals surface area (Å²) in [4.78, 5) is 12.0. The van der Waals surface area contributed by atoms with E-state index >= 15 is 0 Å². The van der Waals surface area contributed by atoms with E-state index in [0.29, 0.717) is 19.5 Å². The van der Waals surface area contributed by atoms with Crippen LogP contribution in [0.2, 0.25) is 0 Å². The van der Waals surface area contributed by atoms with E-state index in [-0.39, 0.29) is 17.4 Å². The largest absolute Gasteiger partial charge is 0.380 e. The molecular formula is C16H23BrN2O2. The molecule has 1 aliphatic carbocycles. The number of halogens is 1. The van der Waals surface area contributed by atoms with Crippen molar-refractivity contribution in [2.24, 2.45) is 5.73 Å². The minimum Gasteiger partial charge on any atom is -0.380 e. The molecule has 1 fully saturated rings. The number of hydrogen-bond donors (Lipinski definition) is 2. The number of amides is 1. The molecule has 1 aromatic carbocycles. The summed E-state index contributed by atoms with van der Waals surface area (Å²) in [6, 6.07) is 8.38. The molecule has 1 atom stereocenters. The Bertz CT molecular complexity index is 485. The van der Waals surface area contributed by atoms with Crippen molar-refractivity contribution >= 4 is 21.8 Å². The Morgan fingerprint density at radius 1 is 1.52 bits per heavy atom. The van der Waals surface area contributed by atoms with Crippen molar-refractivity contribution < 1.29 is 9.53 Å². The fraction of sp³-hybridized carbons (Fsp3) is 0.562. The van der Waals surface area contributed by atoms with Gasteiger partial charge in [-0.1, -0.05) is 34.5 Å². The molecule has 1 aliphatic rings. The zero-order valence-corrected chi connectivity index (χ0v) is 14.0. The maximum atomic E-state index is 12.0. The molecule has 1 unspecified atom stereocenters. The van der Waals surface area contributed by atoms with Crippen LogP contribution < -0.4 is 11.1 Å². The molecule has 0 aromatic heterocycles. The molecule has 0 spiro atoms. The Morgan fingerprint density at radius 3 is 2.81 bits per heavy atom. The highest BCUT2D eigenvalue weighted by molar-refractivity contribution is 9.10. The number of methoxy groups -OCH3 is 1. The SMILES string of the molecule is COC(CN)CC(=O)NCC1(c2cccc(Br)c2)CCC1. The standard InChI is InChI=1S/C16H23BrN2O2/c1-21-14(10-18)9-15(20)19-11-16(6-3-7-16)12-4-2-5-13(17)8-12/h2,4-5,8,14H,3,6-7,9-11,18H2,1H3,(H,19,20). The van der Waals surface area contributed by atoms with Crippen molar-refractivity contribution in [3.63, 3.8) is 0 Å². The van der Waals surface area contributed by atoms with Crippen molar-refractivity contribution in [1.29, 1.82) is 0 Å². The van der Waals surface area contributed by atoms with E-state index in [4.69, 9.17) is 10.5 Å². The molecule has 5 heteroatoms. The highest BCUT2D eigenvalue weighted by Crippen LogP contribution is 2.43. The van der Waals surface area contributed by atoms with Crippen LogP contribution in [0, 0.1) is 0 Å². The summed E-state index contributed by atoms with van der Waals surface area (Å²) in [5.41, 5.74) is 6.93. The first kappa shape index (κ1) is 16.5. The normalized spacial score (nSPS) is 17.9.